The van der Waals surface area contributed by atoms with E-state index in [1.54, 1.807) is 12.1 Å². The first kappa shape index (κ1) is 18.6. The lowest BCUT2D eigenvalue weighted by molar-refractivity contribution is -0.351. The van der Waals surface area contributed by atoms with Gasteiger partial charge in [-0.2, -0.15) is 0 Å². The summed E-state index contributed by atoms with van der Waals surface area (Å²) in [4.78, 5) is 3.02. The molecule has 0 aliphatic heterocycles. The Balaban J connectivity index is 0. The van der Waals surface area contributed by atoms with E-state index < -0.39 is 0 Å². The summed E-state index contributed by atoms with van der Waals surface area (Å²) in [5.74, 6) is 0. The second-order valence-electron chi connectivity index (χ2n) is 2.82. The zero-order valence-corrected chi connectivity index (χ0v) is 13.5. The minimum absolute atomic E-state index is 0. The molecule has 0 aliphatic carbocycles. The topological polar surface area (TPSA) is 66.0 Å². The Kier molecular flexibility index (Phi) is 10.8. The molecule has 16 heavy (non-hydrogen) atoms. The smallest absolute Gasteiger partial charge is 0.308 e. The number of thioether (sulfide) groups is 1. The van der Waals surface area contributed by atoms with Crippen LogP contribution in [0, 0.1) is 0 Å². The Labute approximate surface area is 126 Å². The van der Waals surface area contributed by atoms with Gasteiger partial charge in [0.05, 0.1) is 5.37 Å². The average Bonchev–Trinajstić information content (AvgIpc) is 2.07. The van der Waals surface area contributed by atoms with Crippen LogP contribution in [0.15, 0.2) is 24.3 Å². The zero-order valence-electron chi connectivity index (χ0n) is 8.61. The molecule has 1 aromatic carbocycles. The second kappa shape index (κ2) is 9.30. The lowest BCUT2D eigenvalue weighted by Crippen LogP contribution is -3.00. The molecule has 0 aromatic heterocycles. The summed E-state index contributed by atoms with van der Waals surface area (Å²) in [6.45, 7) is 1.88. The highest BCUT2D eigenvalue weighted by atomic mass is 79.9. The molecule has 0 amide bonds. The van der Waals surface area contributed by atoms with Crippen molar-refractivity contribution in [2.24, 2.45) is 11.5 Å². The lowest BCUT2D eigenvalue weighted by Gasteiger charge is -1.98. The van der Waals surface area contributed by atoms with Crippen molar-refractivity contribution < 1.29 is 22.0 Å². The summed E-state index contributed by atoms with van der Waals surface area (Å²) >= 11 is 7.12. The van der Waals surface area contributed by atoms with Gasteiger partial charge in [0.1, 0.15) is 5.69 Å². The maximum Gasteiger partial charge on any atom is 0.308 e. The fourth-order valence-corrected chi connectivity index (χ4v) is 1.61. The fraction of sp³-hybridized carbons (Fsp3) is 0.222. The molecule has 5 N–H and O–H groups in total. The van der Waals surface area contributed by atoms with Crippen LogP contribution in [-0.4, -0.2) is 10.5 Å². The van der Waals surface area contributed by atoms with Crippen molar-refractivity contribution in [2.75, 3.05) is 0 Å². The molecule has 7 heteroatoms. The molecule has 0 fully saturated rings. The third-order valence-corrected chi connectivity index (χ3v) is 2.40. The SMILES string of the molecule is Br.CC(N)SC(N)=[NH+]c1ccc(Cl)cc1.[Br-]. The maximum atomic E-state index is 5.74. The van der Waals surface area contributed by atoms with Crippen molar-refractivity contribution in [2.45, 2.75) is 12.3 Å². The van der Waals surface area contributed by atoms with Crippen molar-refractivity contribution in [3.63, 3.8) is 0 Å². The second-order valence-corrected chi connectivity index (χ2v) is 4.67. The summed E-state index contributed by atoms with van der Waals surface area (Å²) in [5.41, 5.74) is 12.2. The highest BCUT2D eigenvalue weighted by Gasteiger charge is 2.04. The Morgan fingerprint density at radius 2 is 1.88 bits per heavy atom. The molecule has 92 valence electrons. The van der Waals surface area contributed by atoms with E-state index in [4.69, 9.17) is 23.1 Å². The number of hydrogen-bond acceptors (Lipinski definition) is 2. The van der Waals surface area contributed by atoms with Gasteiger partial charge in [0.15, 0.2) is 0 Å². The van der Waals surface area contributed by atoms with Gasteiger partial charge in [-0.25, -0.2) is 4.99 Å². The van der Waals surface area contributed by atoms with Crippen LogP contribution >= 0.6 is 40.3 Å². The molecule has 1 atom stereocenters. The van der Waals surface area contributed by atoms with Gasteiger partial charge in [-0.3, -0.25) is 5.73 Å². The van der Waals surface area contributed by atoms with Crippen molar-refractivity contribution in [1.82, 2.24) is 0 Å². The van der Waals surface area contributed by atoms with Crippen LogP contribution in [0.2, 0.25) is 5.02 Å². The van der Waals surface area contributed by atoms with E-state index in [2.05, 4.69) is 4.99 Å². The van der Waals surface area contributed by atoms with E-state index in [1.165, 1.54) is 11.8 Å². The molecule has 0 aliphatic rings. The minimum atomic E-state index is -0.0187. The Hall–Kier alpha value is 0.250. The summed E-state index contributed by atoms with van der Waals surface area (Å²) in [6.07, 6.45) is 0. The van der Waals surface area contributed by atoms with E-state index >= 15 is 0 Å². The first-order valence-electron chi connectivity index (χ1n) is 4.15. The summed E-state index contributed by atoms with van der Waals surface area (Å²) in [7, 11) is 0. The van der Waals surface area contributed by atoms with Crippen LogP contribution < -0.4 is 33.4 Å². The van der Waals surface area contributed by atoms with Crippen LogP contribution in [0.1, 0.15) is 6.92 Å². The molecule has 0 saturated carbocycles. The molecular weight excluding hydrogens is 377 g/mol. The van der Waals surface area contributed by atoms with Gasteiger partial charge in [-0.15, -0.1) is 17.0 Å². The number of rotatable bonds is 2. The maximum absolute atomic E-state index is 5.74. The van der Waals surface area contributed by atoms with Gasteiger partial charge in [0, 0.05) is 5.02 Å². The van der Waals surface area contributed by atoms with Gasteiger partial charge in [0.25, 0.3) is 0 Å². The van der Waals surface area contributed by atoms with Gasteiger partial charge in [-0.1, -0.05) is 11.6 Å². The van der Waals surface area contributed by atoms with Crippen molar-refractivity contribution in [1.29, 1.82) is 0 Å². The Morgan fingerprint density at radius 1 is 1.38 bits per heavy atom. The Bertz CT molecular complexity index is 330. The molecule has 0 heterocycles. The zero-order chi connectivity index (χ0) is 10.6. The molecule has 0 bridgehead atoms. The lowest BCUT2D eigenvalue weighted by atomic mass is 10.3. The number of amidine groups is 1. The van der Waals surface area contributed by atoms with Crippen molar-refractivity contribution in [3.05, 3.63) is 29.3 Å². The number of benzene rings is 1. The first-order chi connectivity index (χ1) is 6.58. The van der Waals surface area contributed by atoms with Crippen LogP contribution in [0.3, 0.4) is 0 Å². The Morgan fingerprint density at radius 3 is 2.31 bits per heavy atom. The largest absolute Gasteiger partial charge is 1.00 e. The molecular formula is C9H14Br2ClN3S. The highest BCUT2D eigenvalue weighted by molar-refractivity contribution is 8.93. The summed E-state index contributed by atoms with van der Waals surface area (Å²) < 4.78 is 0. The van der Waals surface area contributed by atoms with Gasteiger partial charge < -0.3 is 22.7 Å². The summed E-state index contributed by atoms with van der Waals surface area (Å²) in [5, 5.41) is 1.27. The van der Waals surface area contributed by atoms with E-state index in [1.807, 2.05) is 19.1 Å². The van der Waals surface area contributed by atoms with Gasteiger partial charge in [0.2, 0.25) is 0 Å². The predicted octanol–water partition coefficient (Wildman–Crippen LogP) is -2.01. The van der Waals surface area contributed by atoms with Crippen LogP contribution in [0.4, 0.5) is 5.69 Å². The highest BCUT2D eigenvalue weighted by Crippen LogP contribution is 2.09. The van der Waals surface area contributed by atoms with Crippen molar-refractivity contribution in [3.8, 4) is 0 Å². The molecule has 0 saturated heterocycles. The quantitative estimate of drug-likeness (QED) is 0.310. The monoisotopic (exact) mass is 389 g/mol. The van der Waals surface area contributed by atoms with E-state index in [9.17, 15) is 0 Å². The van der Waals surface area contributed by atoms with E-state index in [0.717, 1.165) is 5.69 Å². The number of hydrogen-bond donors (Lipinski definition) is 3. The molecule has 1 rings (SSSR count). The number of halogens is 3. The minimum Gasteiger partial charge on any atom is -1.00 e. The van der Waals surface area contributed by atoms with Crippen LogP contribution in [0.5, 0.6) is 0 Å². The average molecular weight is 392 g/mol. The molecule has 1 unspecified atom stereocenters. The van der Waals surface area contributed by atoms with E-state index in [0.29, 0.717) is 10.2 Å². The number of nitrogens with one attached hydrogen (secondary N) is 1. The van der Waals surface area contributed by atoms with E-state index in [-0.39, 0.29) is 39.3 Å². The summed E-state index contributed by atoms with van der Waals surface area (Å²) in [6, 6.07) is 7.31. The van der Waals surface area contributed by atoms with Crippen LogP contribution in [-0.2, 0) is 0 Å². The third-order valence-electron chi connectivity index (χ3n) is 1.42. The van der Waals surface area contributed by atoms with Crippen LogP contribution in [0.25, 0.3) is 0 Å². The fourth-order valence-electron chi connectivity index (χ4n) is 0.905. The van der Waals surface area contributed by atoms with Gasteiger partial charge >= 0.3 is 5.17 Å². The molecule has 0 spiro atoms. The van der Waals surface area contributed by atoms with Crippen molar-refractivity contribution >= 4 is 51.2 Å². The van der Waals surface area contributed by atoms with Gasteiger partial charge in [-0.05, 0) is 43.0 Å². The normalized spacial score (nSPS) is 12.3. The molecule has 3 nitrogen and oxygen atoms in total. The third kappa shape index (κ3) is 7.51. The standard InChI is InChI=1S/C9H12ClN3S.2BrH/c1-6(11)14-9(12)13-8-4-2-7(10)3-5-8;;/h2-6H,11H2,1H3,(H2,12,13);2*1H. The molecule has 0 radical (unpaired) electrons. The number of nitrogens with two attached hydrogens (primary N) is 2. The predicted molar refractivity (Wildman–Crippen MR) is 72.8 cm³/mol. The molecule has 1 aromatic rings. The first-order valence-corrected chi connectivity index (χ1v) is 5.41.